The van der Waals surface area contributed by atoms with Crippen LogP contribution in [-0.4, -0.2) is 42.4 Å². The molecule has 2 rings (SSSR count). The number of hydrogen-bond donors (Lipinski definition) is 0. The molecule has 0 unspecified atom stereocenters. The van der Waals surface area contributed by atoms with Gasteiger partial charge in [0.05, 0.1) is 6.61 Å². The smallest absolute Gasteiger partial charge is 0.316 e. The minimum atomic E-state index is -0.764. The Labute approximate surface area is 127 Å². The second kappa shape index (κ2) is 6.02. The Bertz CT molecular complexity index is 510. The van der Waals surface area contributed by atoms with Gasteiger partial charge in [0, 0.05) is 29.6 Å². The molecule has 0 bridgehead atoms. The number of rotatable bonds is 4. The van der Waals surface area contributed by atoms with Crippen molar-refractivity contribution in [3.63, 3.8) is 0 Å². The maximum atomic E-state index is 12.2. The summed E-state index contributed by atoms with van der Waals surface area (Å²) < 4.78 is 5.01. The number of carbonyl (C=O) groups excluding carboxylic acids is 2. The van der Waals surface area contributed by atoms with E-state index in [2.05, 4.69) is 0 Å². The summed E-state index contributed by atoms with van der Waals surface area (Å²) in [7, 11) is 0. The van der Waals surface area contributed by atoms with Gasteiger partial charge >= 0.3 is 5.97 Å². The highest BCUT2D eigenvalue weighted by molar-refractivity contribution is 6.30. The topological polar surface area (TPSA) is 46.6 Å². The van der Waals surface area contributed by atoms with Gasteiger partial charge in [0.25, 0.3) is 5.91 Å². The van der Waals surface area contributed by atoms with Crippen molar-refractivity contribution in [1.82, 2.24) is 4.90 Å². The molecule has 0 spiro atoms. The van der Waals surface area contributed by atoms with Gasteiger partial charge in [-0.3, -0.25) is 9.59 Å². The Balaban J connectivity index is 2.02. The molecule has 0 radical (unpaired) electrons. The molecule has 1 aromatic carbocycles. The summed E-state index contributed by atoms with van der Waals surface area (Å²) in [6, 6.07) is 6.65. The van der Waals surface area contributed by atoms with E-state index in [-0.39, 0.29) is 30.8 Å². The number of ether oxygens (including phenoxy) is 1. The molecule has 1 aliphatic heterocycles. The molecule has 1 aromatic rings. The Morgan fingerprint density at radius 1 is 1.30 bits per heavy atom. The monoisotopic (exact) mass is 315 g/mol. The van der Waals surface area contributed by atoms with Crippen molar-refractivity contribution in [2.75, 3.05) is 25.6 Å². The molecule has 4 nitrogen and oxygen atoms in total. The minimum Gasteiger partial charge on any atom is -0.465 e. The van der Waals surface area contributed by atoms with Crippen molar-refractivity contribution in [1.29, 1.82) is 0 Å². The van der Waals surface area contributed by atoms with Crippen molar-refractivity contribution in [3.05, 3.63) is 34.9 Å². The highest BCUT2D eigenvalue weighted by Crippen LogP contribution is 2.34. The highest BCUT2D eigenvalue weighted by Gasteiger charge is 2.51. The second-order valence-electron chi connectivity index (χ2n) is 4.80. The molecule has 108 valence electrons. The number of nitrogens with zero attached hydrogens (tertiary/aromatic N) is 1. The average molecular weight is 316 g/mol. The third-order valence-electron chi connectivity index (χ3n) is 3.33. The number of hydrogen-bond acceptors (Lipinski definition) is 3. The molecule has 0 saturated carbocycles. The molecular formula is C14H15Cl2NO3. The normalized spacial score (nSPS) is 16.4. The molecule has 0 aliphatic carbocycles. The van der Waals surface area contributed by atoms with Crippen LogP contribution in [0.3, 0.4) is 0 Å². The molecule has 0 atom stereocenters. The third-order valence-corrected chi connectivity index (χ3v) is 4.09. The quantitative estimate of drug-likeness (QED) is 0.633. The Hall–Kier alpha value is -1.26. The summed E-state index contributed by atoms with van der Waals surface area (Å²) in [5.41, 5.74) is -0.221. The Kier molecular flexibility index (Phi) is 4.55. The van der Waals surface area contributed by atoms with Crippen molar-refractivity contribution in [2.45, 2.75) is 6.92 Å². The van der Waals surface area contributed by atoms with Crippen molar-refractivity contribution >= 4 is 35.1 Å². The van der Waals surface area contributed by atoms with Gasteiger partial charge in [-0.2, -0.15) is 0 Å². The average Bonchev–Trinajstić information content (AvgIpc) is 2.39. The molecule has 1 saturated heterocycles. The molecule has 20 heavy (non-hydrogen) atoms. The summed E-state index contributed by atoms with van der Waals surface area (Å²) in [4.78, 5) is 25.7. The van der Waals surface area contributed by atoms with E-state index in [1.54, 1.807) is 36.1 Å². The van der Waals surface area contributed by atoms with E-state index < -0.39 is 5.41 Å². The lowest BCUT2D eigenvalue weighted by Gasteiger charge is -2.46. The van der Waals surface area contributed by atoms with Crippen LogP contribution in [0.4, 0.5) is 0 Å². The minimum absolute atomic E-state index is 0.133. The van der Waals surface area contributed by atoms with Crippen LogP contribution in [0.5, 0.6) is 0 Å². The van der Waals surface area contributed by atoms with E-state index in [1.165, 1.54) is 0 Å². The SMILES string of the molecule is CCOC(=O)C1(CCl)CN(C(=O)c2ccc(Cl)cc2)C1. The van der Waals surface area contributed by atoms with E-state index in [0.29, 0.717) is 17.2 Å². The molecule has 1 fully saturated rings. The number of alkyl halides is 1. The molecule has 1 aliphatic rings. The van der Waals surface area contributed by atoms with E-state index in [4.69, 9.17) is 27.9 Å². The number of benzene rings is 1. The molecule has 6 heteroatoms. The Morgan fingerprint density at radius 3 is 2.40 bits per heavy atom. The van der Waals surface area contributed by atoms with Crippen LogP contribution in [-0.2, 0) is 9.53 Å². The third kappa shape index (κ3) is 2.76. The predicted molar refractivity (Wildman–Crippen MR) is 77.1 cm³/mol. The van der Waals surface area contributed by atoms with Crippen LogP contribution >= 0.6 is 23.2 Å². The summed E-state index contributed by atoms with van der Waals surface area (Å²) >= 11 is 11.7. The van der Waals surface area contributed by atoms with Crippen LogP contribution < -0.4 is 0 Å². The van der Waals surface area contributed by atoms with Gasteiger partial charge in [0.15, 0.2) is 0 Å². The largest absolute Gasteiger partial charge is 0.465 e. The maximum absolute atomic E-state index is 12.2. The van der Waals surface area contributed by atoms with Gasteiger partial charge in [-0.05, 0) is 31.2 Å². The van der Waals surface area contributed by atoms with Crippen molar-refractivity contribution in [2.24, 2.45) is 5.41 Å². The predicted octanol–water partition coefficient (Wildman–Crippen LogP) is 2.58. The van der Waals surface area contributed by atoms with Crippen LogP contribution in [0.25, 0.3) is 0 Å². The van der Waals surface area contributed by atoms with Gasteiger partial charge in [0.2, 0.25) is 0 Å². The van der Waals surface area contributed by atoms with Crippen LogP contribution in [0.2, 0.25) is 5.02 Å². The molecule has 1 amide bonds. The summed E-state index contributed by atoms with van der Waals surface area (Å²) in [6.07, 6.45) is 0. The van der Waals surface area contributed by atoms with Gasteiger partial charge < -0.3 is 9.64 Å². The molecular weight excluding hydrogens is 301 g/mol. The number of likely N-dealkylation sites (tertiary alicyclic amines) is 1. The number of halogens is 2. The molecule has 0 N–H and O–H groups in total. The van der Waals surface area contributed by atoms with E-state index in [0.717, 1.165) is 0 Å². The standard InChI is InChI=1S/C14H15Cl2NO3/c1-2-20-13(19)14(7-15)8-17(9-14)12(18)10-3-5-11(16)6-4-10/h3-6H,2,7-9H2,1H3. The fourth-order valence-electron chi connectivity index (χ4n) is 2.16. The number of amides is 1. The first-order valence-corrected chi connectivity index (χ1v) is 7.21. The van der Waals surface area contributed by atoms with E-state index >= 15 is 0 Å². The maximum Gasteiger partial charge on any atom is 0.316 e. The lowest BCUT2D eigenvalue weighted by Crippen LogP contribution is -2.63. The van der Waals surface area contributed by atoms with Crippen LogP contribution in [0, 0.1) is 5.41 Å². The highest BCUT2D eigenvalue weighted by atomic mass is 35.5. The van der Waals surface area contributed by atoms with E-state index in [9.17, 15) is 9.59 Å². The van der Waals surface area contributed by atoms with Gasteiger partial charge in [0.1, 0.15) is 5.41 Å². The fraction of sp³-hybridized carbons (Fsp3) is 0.429. The number of carbonyl (C=O) groups is 2. The zero-order valence-corrected chi connectivity index (χ0v) is 12.6. The van der Waals surface area contributed by atoms with Gasteiger partial charge in [-0.1, -0.05) is 11.6 Å². The lowest BCUT2D eigenvalue weighted by atomic mass is 9.81. The fourth-order valence-corrected chi connectivity index (χ4v) is 2.56. The summed E-state index contributed by atoms with van der Waals surface area (Å²) in [5.74, 6) is -0.321. The van der Waals surface area contributed by atoms with Crippen molar-refractivity contribution in [3.8, 4) is 0 Å². The van der Waals surface area contributed by atoms with Crippen molar-refractivity contribution < 1.29 is 14.3 Å². The van der Waals surface area contributed by atoms with Gasteiger partial charge in [-0.15, -0.1) is 11.6 Å². The first-order chi connectivity index (χ1) is 9.52. The first kappa shape index (κ1) is 15.1. The summed E-state index contributed by atoms with van der Waals surface area (Å²) in [5, 5.41) is 0.576. The zero-order chi connectivity index (χ0) is 14.8. The summed E-state index contributed by atoms with van der Waals surface area (Å²) in [6.45, 7) is 2.63. The molecule has 1 heterocycles. The van der Waals surface area contributed by atoms with E-state index in [1.807, 2.05) is 0 Å². The Morgan fingerprint density at radius 2 is 1.90 bits per heavy atom. The van der Waals surface area contributed by atoms with Gasteiger partial charge in [-0.25, -0.2) is 0 Å². The first-order valence-electron chi connectivity index (χ1n) is 6.30. The molecule has 0 aromatic heterocycles. The van der Waals surface area contributed by atoms with Crippen LogP contribution in [0.1, 0.15) is 17.3 Å². The number of esters is 1. The second-order valence-corrected chi connectivity index (χ2v) is 5.51. The van der Waals surface area contributed by atoms with Crippen LogP contribution in [0.15, 0.2) is 24.3 Å². The zero-order valence-electron chi connectivity index (χ0n) is 11.1. The lowest BCUT2D eigenvalue weighted by molar-refractivity contribution is -0.162.